The Balaban J connectivity index is 1.55. The molecule has 0 fully saturated rings. The molecule has 0 bridgehead atoms. The third-order valence-corrected chi connectivity index (χ3v) is 4.62. The molecule has 0 aliphatic carbocycles. The standard InChI is InChI=1S/C23H27N3O3/c1-16(2)29-19-12-10-18(11-13-19)9-8-17(3)25-22(27)15-26-21-7-5-4-6-20(21)24-14-23(26)28/h4-7,10-14,16-17H,8-9,15H2,1-3H3,(H,25,27)/t17-/m1/s1. The Kier molecular flexibility index (Phi) is 6.65. The van der Waals surface area contributed by atoms with Gasteiger partial charge < -0.3 is 10.1 Å². The molecular formula is C23H27N3O3. The second-order valence-electron chi connectivity index (χ2n) is 7.49. The summed E-state index contributed by atoms with van der Waals surface area (Å²) in [6.45, 7) is 5.96. The number of carbonyl (C=O) groups is 1. The van der Waals surface area contributed by atoms with E-state index in [-0.39, 0.29) is 30.2 Å². The molecule has 0 aliphatic rings. The highest BCUT2D eigenvalue weighted by molar-refractivity contribution is 5.80. The van der Waals surface area contributed by atoms with E-state index in [0.29, 0.717) is 11.0 Å². The van der Waals surface area contributed by atoms with Gasteiger partial charge in [-0.3, -0.25) is 14.2 Å². The minimum absolute atomic E-state index is 0.00195. The molecule has 0 saturated carbocycles. The third-order valence-electron chi connectivity index (χ3n) is 4.62. The van der Waals surface area contributed by atoms with Crippen molar-refractivity contribution in [2.24, 2.45) is 0 Å². The molecule has 6 nitrogen and oxygen atoms in total. The minimum atomic E-state index is -0.282. The molecule has 152 valence electrons. The molecule has 0 spiro atoms. The first-order chi connectivity index (χ1) is 13.9. The molecule has 1 N–H and O–H groups in total. The van der Waals surface area contributed by atoms with Gasteiger partial charge in [0.05, 0.1) is 23.3 Å². The number of benzene rings is 2. The Hall–Kier alpha value is -3.15. The molecule has 1 atom stereocenters. The number of aryl methyl sites for hydroxylation is 1. The van der Waals surface area contributed by atoms with Crippen molar-refractivity contribution in [2.45, 2.75) is 52.3 Å². The first-order valence-electron chi connectivity index (χ1n) is 9.92. The molecule has 1 aromatic heterocycles. The number of nitrogens with one attached hydrogen (secondary N) is 1. The van der Waals surface area contributed by atoms with Crippen LogP contribution in [-0.2, 0) is 17.8 Å². The predicted octanol–water partition coefficient (Wildman–Crippen LogP) is 3.32. The fourth-order valence-electron chi connectivity index (χ4n) is 3.20. The lowest BCUT2D eigenvalue weighted by atomic mass is 10.1. The Bertz CT molecular complexity index is 1030. The van der Waals surface area contributed by atoms with E-state index in [0.717, 1.165) is 18.6 Å². The lowest BCUT2D eigenvalue weighted by Gasteiger charge is -2.16. The van der Waals surface area contributed by atoms with Gasteiger partial charge in [-0.15, -0.1) is 0 Å². The second-order valence-corrected chi connectivity index (χ2v) is 7.49. The van der Waals surface area contributed by atoms with E-state index in [1.165, 1.54) is 16.3 Å². The summed E-state index contributed by atoms with van der Waals surface area (Å²) in [5.41, 5.74) is 2.26. The fourth-order valence-corrected chi connectivity index (χ4v) is 3.20. The van der Waals surface area contributed by atoms with Crippen LogP contribution < -0.4 is 15.6 Å². The van der Waals surface area contributed by atoms with Crippen LogP contribution in [0, 0.1) is 0 Å². The van der Waals surface area contributed by atoms with E-state index in [1.807, 2.05) is 51.1 Å². The monoisotopic (exact) mass is 393 g/mol. The smallest absolute Gasteiger partial charge is 0.269 e. The van der Waals surface area contributed by atoms with Crippen LogP contribution in [0.5, 0.6) is 5.75 Å². The quantitative estimate of drug-likeness (QED) is 0.637. The molecule has 0 unspecified atom stereocenters. The lowest BCUT2D eigenvalue weighted by Crippen LogP contribution is -2.37. The van der Waals surface area contributed by atoms with E-state index in [2.05, 4.69) is 22.4 Å². The van der Waals surface area contributed by atoms with E-state index in [9.17, 15) is 9.59 Å². The van der Waals surface area contributed by atoms with E-state index in [4.69, 9.17) is 4.74 Å². The van der Waals surface area contributed by atoms with E-state index < -0.39 is 0 Å². The molecule has 3 aromatic rings. The number of amides is 1. The first-order valence-corrected chi connectivity index (χ1v) is 9.92. The average molecular weight is 393 g/mol. The van der Waals surface area contributed by atoms with Crippen molar-refractivity contribution in [1.82, 2.24) is 14.9 Å². The van der Waals surface area contributed by atoms with Crippen LogP contribution in [0.15, 0.2) is 59.5 Å². The van der Waals surface area contributed by atoms with Crippen molar-refractivity contribution in [3.63, 3.8) is 0 Å². The summed E-state index contributed by atoms with van der Waals surface area (Å²) >= 11 is 0. The van der Waals surface area contributed by atoms with Crippen molar-refractivity contribution in [3.05, 3.63) is 70.6 Å². The summed E-state index contributed by atoms with van der Waals surface area (Å²) in [6, 6.07) is 15.4. The zero-order valence-corrected chi connectivity index (χ0v) is 17.1. The Morgan fingerprint density at radius 3 is 2.55 bits per heavy atom. The molecule has 1 amide bonds. The largest absolute Gasteiger partial charge is 0.491 e. The SMILES string of the molecule is CC(C)Oc1ccc(CC[C@@H](C)NC(=O)Cn2c(=O)cnc3ccccc32)cc1. The topological polar surface area (TPSA) is 73.2 Å². The highest BCUT2D eigenvalue weighted by Crippen LogP contribution is 2.15. The summed E-state index contributed by atoms with van der Waals surface area (Å²) < 4.78 is 7.11. The van der Waals surface area contributed by atoms with Crippen molar-refractivity contribution < 1.29 is 9.53 Å². The summed E-state index contributed by atoms with van der Waals surface area (Å²) in [6.07, 6.45) is 3.07. The number of hydrogen-bond donors (Lipinski definition) is 1. The molecule has 3 rings (SSSR count). The molecule has 0 radical (unpaired) electrons. The molecule has 29 heavy (non-hydrogen) atoms. The number of carbonyl (C=O) groups excluding carboxylic acids is 1. The van der Waals surface area contributed by atoms with Gasteiger partial charge in [0.2, 0.25) is 5.91 Å². The minimum Gasteiger partial charge on any atom is -0.491 e. The van der Waals surface area contributed by atoms with Crippen molar-refractivity contribution in [1.29, 1.82) is 0 Å². The van der Waals surface area contributed by atoms with Gasteiger partial charge in [0.25, 0.3) is 5.56 Å². The van der Waals surface area contributed by atoms with Gasteiger partial charge >= 0.3 is 0 Å². The number of ether oxygens (including phenoxy) is 1. The van der Waals surface area contributed by atoms with Gasteiger partial charge in [-0.05, 0) is 63.4 Å². The average Bonchev–Trinajstić information content (AvgIpc) is 2.69. The van der Waals surface area contributed by atoms with Gasteiger partial charge in [0, 0.05) is 6.04 Å². The number of aromatic nitrogens is 2. The maximum atomic E-state index is 12.5. The van der Waals surface area contributed by atoms with E-state index >= 15 is 0 Å². The fraction of sp³-hybridized carbons (Fsp3) is 0.348. The highest BCUT2D eigenvalue weighted by Gasteiger charge is 2.11. The van der Waals surface area contributed by atoms with Gasteiger partial charge in [-0.25, -0.2) is 4.98 Å². The van der Waals surface area contributed by atoms with Gasteiger partial charge in [-0.2, -0.15) is 0 Å². The number of nitrogens with zero attached hydrogens (tertiary/aromatic N) is 2. The summed E-state index contributed by atoms with van der Waals surface area (Å²) in [7, 11) is 0. The third kappa shape index (κ3) is 5.67. The Labute approximate surface area is 170 Å². The molecule has 0 saturated heterocycles. The Morgan fingerprint density at radius 1 is 1.10 bits per heavy atom. The normalized spacial score (nSPS) is 12.1. The van der Waals surface area contributed by atoms with Gasteiger partial charge in [0.15, 0.2) is 0 Å². The molecule has 2 aromatic carbocycles. The second kappa shape index (κ2) is 9.37. The van der Waals surface area contributed by atoms with Crippen LogP contribution in [0.1, 0.15) is 32.8 Å². The maximum absolute atomic E-state index is 12.5. The number of hydrogen-bond acceptors (Lipinski definition) is 4. The van der Waals surface area contributed by atoms with Crippen molar-refractivity contribution in [3.8, 4) is 5.75 Å². The Morgan fingerprint density at radius 2 is 1.83 bits per heavy atom. The number of rotatable bonds is 8. The predicted molar refractivity (Wildman–Crippen MR) is 114 cm³/mol. The highest BCUT2D eigenvalue weighted by atomic mass is 16.5. The molecule has 6 heteroatoms. The van der Waals surface area contributed by atoms with Crippen molar-refractivity contribution >= 4 is 16.9 Å². The van der Waals surface area contributed by atoms with Crippen molar-refractivity contribution in [2.75, 3.05) is 0 Å². The summed E-state index contributed by atoms with van der Waals surface area (Å²) in [5, 5.41) is 2.98. The zero-order chi connectivity index (χ0) is 20.8. The molecular weight excluding hydrogens is 366 g/mol. The van der Waals surface area contributed by atoms with Crippen LogP contribution in [0.2, 0.25) is 0 Å². The van der Waals surface area contributed by atoms with Gasteiger partial charge in [0.1, 0.15) is 12.3 Å². The summed E-state index contributed by atoms with van der Waals surface area (Å²) in [4.78, 5) is 28.8. The van der Waals surface area contributed by atoms with Crippen LogP contribution in [0.25, 0.3) is 11.0 Å². The lowest BCUT2D eigenvalue weighted by molar-refractivity contribution is -0.122. The molecule has 0 aliphatic heterocycles. The van der Waals surface area contributed by atoms with Crippen LogP contribution in [0.3, 0.4) is 0 Å². The first kappa shape index (κ1) is 20.6. The van der Waals surface area contributed by atoms with Crippen LogP contribution in [-0.4, -0.2) is 27.6 Å². The van der Waals surface area contributed by atoms with Crippen LogP contribution >= 0.6 is 0 Å². The zero-order valence-electron chi connectivity index (χ0n) is 17.1. The number of para-hydroxylation sites is 2. The van der Waals surface area contributed by atoms with Crippen LogP contribution in [0.4, 0.5) is 0 Å². The van der Waals surface area contributed by atoms with E-state index in [1.54, 1.807) is 6.07 Å². The van der Waals surface area contributed by atoms with Gasteiger partial charge in [-0.1, -0.05) is 24.3 Å². The molecule has 1 heterocycles. The summed E-state index contributed by atoms with van der Waals surface area (Å²) in [5.74, 6) is 0.678. The maximum Gasteiger partial charge on any atom is 0.269 e. The number of fused-ring (bicyclic) bond motifs is 1.